The molecule has 0 aliphatic carbocycles. The first-order chi connectivity index (χ1) is 9.47. The third-order valence-electron chi connectivity index (χ3n) is 2.87. The standard InChI is InChI=1S/C13H7Cl3FN3/c14-6-1-2-9(17)11(3-6)20-12-5-8(16)7(15)4-10(12)19-13(20)18/h1-5H,(H2,18,19). The summed E-state index contributed by atoms with van der Waals surface area (Å²) < 4.78 is 15.4. The Morgan fingerprint density at radius 2 is 1.75 bits per heavy atom. The third kappa shape index (κ3) is 2.10. The van der Waals surface area contributed by atoms with E-state index in [1.165, 1.54) is 22.8 Å². The summed E-state index contributed by atoms with van der Waals surface area (Å²) >= 11 is 17.8. The number of benzene rings is 2. The van der Waals surface area contributed by atoms with Gasteiger partial charge < -0.3 is 5.73 Å². The van der Waals surface area contributed by atoms with Crippen LogP contribution in [-0.2, 0) is 0 Å². The molecule has 0 fully saturated rings. The van der Waals surface area contributed by atoms with Gasteiger partial charge in [0.1, 0.15) is 5.82 Å². The first kappa shape index (κ1) is 13.5. The Hall–Kier alpha value is -1.49. The van der Waals surface area contributed by atoms with Crippen LogP contribution >= 0.6 is 34.8 Å². The third-order valence-corrected chi connectivity index (χ3v) is 3.83. The Morgan fingerprint density at radius 3 is 2.50 bits per heavy atom. The minimum absolute atomic E-state index is 0.125. The molecular formula is C13H7Cl3FN3. The van der Waals surface area contributed by atoms with E-state index < -0.39 is 5.82 Å². The van der Waals surface area contributed by atoms with Crippen LogP contribution in [0.4, 0.5) is 10.3 Å². The van der Waals surface area contributed by atoms with Crippen molar-refractivity contribution in [1.29, 1.82) is 0 Å². The zero-order valence-corrected chi connectivity index (χ0v) is 12.1. The second-order valence-corrected chi connectivity index (χ2v) is 5.41. The molecule has 2 aromatic carbocycles. The Labute approximate surface area is 128 Å². The zero-order valence-electron chi connectivity index (χ0n) is 9.87. The van der Waals surface area contributed by atoms with E-state index in [1.807, 2.05) is 0 Å². The van der Waals surface area contributed by atoms with Crippen LogP contribution in [0, 0.1) is 5.82 Å². The van der Waals surface area contributed by atoms with E-state index in [1.54, 1.807) is 12.1 Å². The fourth-order valence-electron chi connectivity index (χ4n) is 2.00. The maximum Gasteiger partial charge on any atom is 0.206 e. The highest BCUT2D eigenvalue weighted by molar-refractivity contribution is 6.42. The van der Waals surface area contributed by atoms with E-state index in [2.05, 4.69) is 4.98 Å². The van der Waals surface area contributed by atoms with Crippen LogP contribution in [0.5, 0.6) is 0 Å². The molecule has 3 nitrogen and oxygen atoms in total. The number of aromatic nitrogens is 2. The second-order valence-electron chi connectivity index (χ2n) is 4.16. The number of nitrogen functional groups attached to an aromatic ring is 1. The SMILES string of the molecule is Nc1nc2cc(Cl)c(Cl)cc2n1-c1cc(Cl)ccc1F. The molecule has 20 heavy (non-hydrogen) atoms. The largest absolute Gasteiger partial charge is 0.369 e. The lowest BCUT2D eigenvalue weighted by Crippen LogP contribution is -2.03. The van der Waals surface area contributed by atoms with Gasteiger partial charge in [-0.25, -0.2) is 9.37 Å². The highest BCUT2D eigenvalue weighted by atomic mass is 35.5. The van der Waals surface area contributed by atoms with Crippen LogP contribution in [-0.4, -0.2) is 9.55 Å². The average molecular weight is 331 g/mol. The number of imidazole rings is 1. The number of nitrogens with two attached hydrogens (primary N) is 1. The Kier molecular flexibility index (Phi) is 3.24. The zero-order chi connectivity index (χ0) is 14.4. The lowest BCUT2D eigenvalue weighted by molar-refractivity contribution is 0.620. The van der Waals surface area contributed by atoms with Crippen molar-refractivity contribution in [2.75, 3.05) is 5.73 Å². The molecule has 0 amide bonds. The fraction of sp³-hybridized carbons (Fsp3) is 0. The van der Waals surface area contributed by atoms with Crippen molar-refractivity contribution in [2.45, 2.75) is 0 Å². The Balaban J connectivity index is 2.38. The summed E-state index contributed by atoms with van der Waals surface area (Å²) in [5, 5.41) is 1.08. The highest BCUT2D eigenvalue weighted by Gasteiger charge is 2.15. The smallest absolute Gasteiger partial charge is 0.206 e. The summed E-state index contributed by atoms with van der Waals surface area (Å²) in [6.07, 6.45) is 0. The van der Waals surface area contributed by atoms with E-state index in [9.17, 15) is 4.39 Å². The lowest BCUT2D eigenvalue weighted by atomic mass is 10.2. The van der Waals surface area contributed by atoms with Crippen molar-refractivity contribution in [3.8, 4) is 5.69 Å². The van der Waals surface area contributed by atoms with Crippen LogP contribution in [0.1, 0.15) is 0 Å². The topological polar surface area (TPSA) is 43.8 Å². The van der Waals surface area contributed by atoms with E-state index in [0.29, 0.717) is 26.1 Å². The van der Waals surface area contributed by atoms with Gasteiger partial charge in [-0.15, -0.1) is 0 Å². The average Bonchev–Trinajstić information content (AvgIpc) is 2.69. The van der Waals surface area contributed by atoms with Gasteiger partial charge in [0, 0.05) is 5.02 Å². The first-order valence-electron chi connectivity index (χ1n) is 5.56. The molecule has 0 aliphatic heterocycles. The molecule has 2 N–H and O–H groups in total. The molecule has 0 saturated heterocycles. The molecule has 0 atom stereocenters. The molecule has 0 aliphatic rings. The van der Waals surface area contributed by atoms with Crippen molar-refractivity contribution in [3.63, 3.8) is 0 Å². The van der Waals surface area contributed by atoms with E-state index >= 15 is 0 Å². The van der Waals surface area contributed by atoms with Crippen molar-refractivity contribution < 1.29 is 4.39 Å². The van der Waals surface area contributed by atoms with Crippen LogP contribution < -0.4 is 5.73 Å². The molecule has 0 unspecified atom stereocenters. The number of fused-ring (bicyclic) bond motifs is 1. The molecule has 3 aromatic rings. The molecule has 102 valence electrons. The van der Waals surface area contributed by atoms with Gasteiger partial charge in [-0.2, -0.15) is 0 Å². The van der Waals surface area contributed by atoms with Crippen molar-refractivity contribution in [3.05, 3.63) is 51.2 Å². The number of hydrogen-bond acceptors (Lipinski definition) is 2. The highest BCUT2D eigenvalue weighted by Crippen LogP contribution is 2.32. The van der Waals surface area contributed by atoms with Crippen molar-refractivity contribution in [1.82, 2.24) is 9.55 Å². The van der Waals surface area contributed by atoms with E-state index in [4.69, 9.17) is 40.5 Å². The van der Waals surface area contributed by atoms with Crippen LogP contribution in [0.2, 0.25) is 15.1 Å². The number of anilines is 1. The van der Waals surface area contributed by atoms with Gasteiger partial charge in [-0.05, 0) is 30.3 Å². The maximum atomic E-state index is 14.0. The van der Waals surface area contributed by atoms with Gasteiger partial charge in [0.05, 0.1) is 26.8 Å². The maximum absolute atomic E-state index is 14.0. The Bertz CT molecular complexity index is 829. The quantitative estimate of drug-likeness (QED) is 0.702. The summed E-state index contributed by atoms with van der Waals surface area (Å²) in [6.45, 7) is 0. The van der Waals surface area contributed by atoms with Gasteiger partial charge >= 0.3 is 0 Å². The van der Waals surface area contributed by atoms with E-state index in [0.717, 1.165) is 0 Å². The molecule has 1 heterocycles. The lowest BCUT2D eigenvalue weighted by Gasteiger charge is -2.08. The predicted molar refractivity (Wildman–Crippen MR) is 80.5 cm³/mol. The molecule has 0 saturated carbocycles. The minimum atomic E-state index is -0.466. The normalized spacial score (nSPS) is 11.2. The summed E-state index contributed by atoms with van der Waals surface area (Å²) in [7, 11) is 0. The Morgan fingerprint density at radius 1 is 1.05 bits per heavy atom. The molecular weight excluding hydrogens is 324 g/mol. The van der Waals surface area contributed by atoms with Gasteiger partial charge in [0.15, 0.2) is 0 Å². The van der Waals surface area contributed by atoms with Gasteiger partial charge in [0.2, 0.25) is 5.95 Å². The van der Waals surface area contributed by atoms with Crippen LogP contribution in [0.25, 0.3) is 16.7 Å². The summed E-state index contributed by atoms with van der Waals surface area (Å²) in [5.41, 5.74) is 7.14. The molecule has 0 radical (unpaired) electrons. The van der Waals surface area contributed by atoms with Gasteiger partial charge in [0.25, 0.3) is 0 Å². The number of rotatable bonds is 1. The van der Waals surface area contributed by atoms with Crippen LogP contribution in [0.3, 0.4) is 0 Å². The number of hydrogen-bond donors (Lipinski definition) is 1. The fourth-order valence-corrected chi connectivity index (χ4v) is 2.48. The minimum Gasteiger partial charge on any atom is -0.369 e. The molecule has 0 bridgehead atoms. The molecule has 0 spiro atoms. The molecule has 3 rings (SSSR count). The molecule has 1 aromatic heterocycles. The number of nitrogens with zero attached hydrogens (tertiary/aromatic N) is 2. The second kappa shape index (κ2) is 4.81. The van der Waals surface area contributed by atoms with Gasteiger partial charge in [-0.3, -0.25) is 4.57 Å². The van der Waals surface area contributed by atoms with Crippen molar-refractivity contribution >= 4 is 51.8 Å². The monoisotopic (exact) mass is 329 g/mol. The van der Waals surface area contributed by atoms with Crippen molar-refractivity contribution in [2.24, 2.45) is 0 Å². The summed E-state index contributed by atoms with van der Waals surface area (Å²) in [5.74, 6) is -0.342. The summed E-state index contributed by atoms with van der Waals surface area (Å²) in [6, 6.07) is 7.36. The van der Waals surface area contributed by atoms with Gasteiger partial charge in [-0.1, -0.05) is 34.8 Å². The van der Waals surface area contributed by atoms with Crippen LogP contribution in [0.15, 0.2) is 30.3 Å². The first-order valence-corrected chi connectivity index (χ1v) is 6.69. The predicted octanol–water partition coefficient (Wildman–Crippen LogP) is 4.71. The van der Waals surface area contributed by atoms with E-state index in [-0.39, 0.29) is 11.6 Å². The molecule has 7 heteroatoms. The number of halogens is 4. The summed E-state index contributed by atoms with van der Waals surface area (Å²) in [4.78, 5) is 4.15.